The molecule has 0 atom stereocenters. The molecule has 30 heavy (non-hydrogen) atoms. The third-order valence-electron chi connectivity index (χ3n) is 5.06. The fourth-order valence-electron chi connectivity index (χ4n) is 3.15. The second-order valence-corrected chi connectivity index (χ2v) is 7.06. The van der Waals surface area contributed by atoms with Crippen molar-refractivity contribution >= 4 is 23.2 Å². The van der Waals surface area contributed by atoms with Crippen LogP contribution in [0, 0.1) is 12.9 Å². The molecule has 0 saturated heterocycles. The van der Waals surface area contributed by atoms with Crippen LogP contribution in [0.5, 0.6) is 0 Å². The van der Waals surface area contributed by atoms with E-state index in [0.29, 0.717) is 16.9 Å². The van der Waals surface area contributed by atoms with Gasteiger partial charge in [-0.25, -0.2) is 9.58 Å². The second kappa shape index (κ2) is 9.19. The number of halogens is 1. The van der Waals surface area contributed by atoms with Crippen molar-refractivity contribution in [1.82, 2.24) is 25.7 Å². The first-order valence-electron chi connectivity index (χ1n) is 9.52. The molecule has 0 radical (unpaired) electrons. The van der Waals surface area contributed by atoms with Gasteiger partial charge in [0, 0.05) is 32.3 Å². The lowest BCUT2D eigenvalue weighted by Gasteiger charge is -2.28. The Hall–Kier alpha value is -3.04. The van der Waals surface area contributed by atoms with Crippen LogP contribution in [0.3, 0.4) is 0 Å². The van der Waals surface area contributed by atoms with Crippen LogP contribution in [0.1, 0.15) is 35.5 Å². The topological polar surface area (TPSA) is 91.3 Å². The Morgan fingerprint density at radius 3 is 2.27 bits per heavy atom. The van der Waals surface area contributed by atoms with Gasteiger partial charge in [0.2, 0.25) is 11.9 Å². The molecule has 0 saturated carbocycles. The molecule has 2 rings (SSSR count). The Morgan fingerprint density at radius 1 is 1.20 bits per heavy atom. The van der Waals surface area contributed by atoms with Crippen molar-refractivity contribution in [3.8, 4) is 0 Å². The molecule has 1 aromatic carbocycles. The molecule has 0 aliphatic carbocycles. The SMILES string of the molecule is CN/C(=C\C(C)(NC)NC)c1ccccc1N(C(C)=O)C(=O)c1c(C)nn(C)c1F. The monoisotopic (exact) mass is 416 g/mol. The summed E-state index contributed by atoms with van der Waals surface area (Å²) in [6, 6.07) is 6.97. The number of benzene rings is 1. The average molecular weight is 417 g/mol. The maximum absolute atomic E-state index is 14.6. The number of aryl methyl sites for hydroxylation is 2. The van der Waals surface area contributed by atoms with E-state index < -0.39 is 23.4 Å². The lowest BCUT2D eigenvalue weighted by molar-refractivity contribution is -0.115. The summed E-state index contributed by atoms with van der Waals surface area (Å²) in [7, 11) is 6.78. The minimum absolute atomic E-state index is 0.214. The van der Waals surface area contributed by atoms with E-state index in [1.807, 2.05) is 27.1 Å². The fraction of sp³-hybridized carbons (Fsp3) is 0.381. The molecular formula is C21H29FN6O2. The molecule has 8 nitrogen and oxygen atoms in total. The van der Waals surface area contributed by atoms with Gasteiger partial charge in [-0.05, 0) is 40.1 Å². The van der Waals surface area contributed by atoms with Crippen molar-refractivity contribution in [3.63, 3.8) is 0 Å². The van der Waals surface area contributed by atoms with Crippen molar-refractivity contribution in [2.45, 2.75) is 26.4 Å². The Bertz CT molecular complexity index is 978. The number of carbonyl (C=O) groups excluding carboxylic acids is 2. The highest BCUT2D eigenvalue weighted by atomic mass is 19.1. The third kappa shape index (κ3) is 4.42. The van der Waals surface area contributed by atoms with E-state index in [1.165, 1.54) is 20.9 Å². The Morgan fingerprint density at radius 2 is 1.80 bits per heavy atom. The number of carbonyl (C=O) groups is 2. The minimum atomic E-state index is -0.788. The molecule has 0 spiro atoms. The molecule has 0 fully saturated rings. The molecule has 0 aliphatic rings. The predicted molar refractivity (Wildman–Crippen MR) is 115 cm³/mol. The maximum Gasteiger partial charge on any atom is 0.271 e. The Balaban J connectivity index is 2.68. The largest absolute Gasteiger partial charge is 0.388 e. The van der Waals surface area contributed by atoms with Gasteiger partial charge in [0.25, 0.3) is 5.91 Å². The van der Waals surface area contributed by atoms with Crippen LogP contribution in [-0.2, 0) is 11.8 Å². The van der Waals surface area contributed by atoms with Crippen LogP contribution in [0.25, 0.3) is 5.70 Å². The fourth-order valence-corrected chi connectivity index (χ4v) is 3.15. The summed E-state index contributed by atoms with van der Waals surface area (Å²) in [4.78, 5) is 26.8. The lowest BCUT2D eigenvalue weighted by atomic mass is 10.0. The maximum atomic E-state index is 14.6. The predicted octanol–water partition coefficient (Wildman–Crippen LogP) is 1.78. The summed E-state index contributed by atoms with van der Waals surface area (Å²) in [6.45, 7) is 4.74. The summed E-state index contributed by atoms with van der Waals surface area (Å²) >= 11 is 0. The van der Waals surface area contributed by atoms with Gasteiger partial charge in [-0.15, -0.1) is 0 Å². The van der Waals surface area contributed by atoms with Crippen LogP contribution >= 0.6 is 0 Å². The zero-order valence-corrected chi connectivity index (χ0v) is 18.4. The van der Waals surface area contributed by atoms with Gasteiger partial charge < -0.3 is 5.32 Å². The molecule has 1 aromatic heterocycles. The quantitative estimate of drug-likeness (QED) is 0.596. The number of rotatable bonds is 7. The smallest absolute Gasteiger partial charge is 0.271 e. The average Bonchev–Trinajstić information content (AvgIpc) is 2.97. The molecular weight excluding hydrogens is 387 g/mol. The first kappa shape index (κ1) is 23.2. The van der Waals surface area contributed by atoms with Crippen molar-refractivity contribution in [2.24, 2.45) is 7.05 Å². The van der Waals surface area contributed by atoms with Crippen LogP contribution < -0.4 is 20.9 Å². The number of aromatic nitrogens is 2. The first-order chi connectivity index (χ1) is 14.1. The number of nitrogens with one attached hydrogen (secondary N) is 3. The molecule has 2 amide bonds. The zero-order chi connectivity index (χ0) is 22.6. The third-order valence-corrected chi connectivity index (χ3v) is 5.06. The van der Waals surface area contributed by atoms with Gasteiger partial charge >= 0.3 is 0 Å². The van der Waals surface area contributed by atoms with Crippen molar-refractivity contribution < 1.29 is 14.0 Å². The zero-order valence-electron chi connectivity index (χ0n) is 18.4. The van der Waals surface area contributed by atoms with Gasteiger partial charge in [-0.2, -0.15) is 9.49 Å². The summed E-state index contributed by atoms with van der Waals surface area (Å²) < 4.78 is 15.5. The molecule has 1 heterocycles. The Labute approximate surface area is 176 Å². The van der Waals surface area contributed by atoms with Crippen LogP contribution in [0.15, 0.2) is 30.3 Å². The van der Waals surface area contributed by atoms with Gasteiger partial charge in [0.05, 0.1) is 17.0 Å². The molecule has 2 aromatic rings. The van der Waals surface area contributed by atoms with Gasteiger partial charge in [0.15, 0.2) is 0 Å². The molecule has 3 N–H and O–H groups in total. The Kier molecular flexibility index (Phi) is 7.12. The number of nitrogens with zero attached hydrogens (tertiary/aromatic N) is 3. The van der Waals surface area contributed by atoms with Crippen molar-refractivity contribution in [1.29, 1.82) is 0 Å². The van der Waals surface area contributed by atoms with Crippen molar-refractivity contribution in [3.05, 3.63) is 53.1 Å². The normalized spacial score (nSPS) is 12.1. The highest BCUT2D eigenvalue weighted by molar-refractivity contribution is 6.21. The van der Waals surface area contributed by atoms with E-state index in [4.69, 9.17) is 0 Å². The number of anilines is 1. The van der Waals surface area contributed by atoms with E-state index in [-0.39, 0.29) is 11.3 Å². The number of amides is 2. The van der Waals surface area contributed by atoms with Crippen LogP contribution in [0.2, 0.25) is 0 Å². The molecule has 0 bridgehead atoms. The standard InChI is InChI=1S/C21H29FN6O2/c1-13-18(19(22)27(7)26-13)20(30)28(14(2)29)17-11-9-8-10-15(17)16(23-4)12-21(3,24-5)25-6/h8-12,23-25H,1-7H3/b16-12-. The lowest BCUT2D eigenvalue weighted by Crippen LogP contribution is -2.50. The van der Waals surface area contributed by atoms with Crippen LogP contribution in [0.4, 0.5) is 10.1 Å². The van der Waals surface area contributed by atoms with E-state index in [2.05, 4.69) is 21.0 Å². The molecule has 0 unspecified atom stereocenters. The summed E-state index contributed by atoms with van der Waals surface area (Å²) in [6.07, 6.45) is 1.91. The summed E-state index contributed by atoms with van der Waals surface area (Å²) in [5, 5.41) is 13.4. The van der Waals surface area contributed by atoms with Crippen LogP contribution in [-0.4, -0.2) is 48.4 Å². The van der Waals surface area contributed by atoms with Crippen molar-refractivity contribution in [2.75, 3.05) is 26.0 Å². The number of imide groups is 1. The van der Waals surface area contributed by atoms with Gasteiger partial charge in [-0.1, -0.05) is 18.2 Å². The highest BCUT2D eigenvalue weighted by Crippen LogP contribution is 2.29. The molecule has 0 aliphatic heterocycles. The summed E-state index contributed by atoms with van der Waals surface area (Å²) in [5.41, 5.74) is 1.07. The van der Waals surface area contributed by atoms with E-state index in [0.717, 1.165) is 9.58 Å². The minimum Gasteiger partial charge on any atom is -0.388 e. The summed E-state index contributed by atoms with van der Waals surface area (Å²) in [5.74, 6) is -2.09. The van der Waals surface area contributed by atoms with Gasteiger partial charge in [0.1, 0.15) is 5.56 Å². The van der Waals surface area contributed by atoms with E-state index in [9.17, 15) is 14.0 Å². The van der Waals surface area contributed by atoms with E-state index >= 15 is 0 Å². The van der Waals surface area contributed by atoms with E-state index in [1.54, 1.807) is 31.3 Å². The number of hydrogen-bond acceptors (Lipinski definition) is 6. The number of likely N-dealkylation sites (N-methyl/N-ethyl adjacent to an activating group) is 2. The molecule has 9 heteroatoms. The second-order valence-electron chi connectivity index (χ2n) is 7.06. The number of hydrogen-bond donors (Lipinski definition) is 3. The number of para-hydroxylation sites is 1. The molecule has 162 valence electrons. The first-order valence-corrected chi connectivity index (χ1v) is 9.52. The van der Waals surface area contributed by atoms with Gasteiger partial charge in [-0.3, -0.25) is 20.2 Å². The highest BCUT2D eigenvalue weighted by Gasteiger charge is 2.31.